The van der Waals surface area contributed by atoms with Crippen molar-refractivity contribution in [1.29, 1.82) is 0 Å². The van der Waals surface area contributed by atoms with E-state index in [0.717, 1.165) is 17.1 Å². The minimum atomic E-state index is -0.352. The van der Waals surface area contributed by atoms with Gasteiger partial charge in [-0.15, -0.1) is 23.1 Å². The maximum Gasteiger partial charge on any atom is 0.268 e. The Labute approximate surface area is 136 Å². The van der Waals surface area contributed by atoms with Crippen LogP contribution in [0.2, 0.25) is 0 Å². The molecule has 0 spiro atoms. The molecule has 22 heavy (non-hydrogen) atoms. The standard InChI is InChI=1S/C16H14FNO2S2/c1-10(19)11-7-15(22-9-11)16(20)18-5-2-6-21-14-4-3-12(17)8-13(14)18/h3-4,7-9H,2,5-6H2,1H3. The van der Waals surface area contributed by atoms with Crippen LogP contribution < -0.4 is 4.90 Å². The Bertz CT molecular complexity index is 741. The predicted molar refractivity (Wildman–Crippen MR) is 87.7 cm³/mol. The molecule has 0 unspecified atom stereocenters. The van der Waals surface area contributed by atoms with Crippen molar-refractivity contribution in [3.63, 3.8) is 0 Å². The Kier molecular flexibility index (Phi) is 4.31. The van der Waals surface area contributed by atoms with Gasteiger partial charge in [0, 0.05) is 22.4 Å². The fourth-order valence-corrected chi connectivity index (χ4v) is 4.19. The molecule has 0 bridgehead atoms. The van der Waals surface area contributed by atoms with Crippen molar-refractivity contribution in [2.45, 2.75) is 18.2 Å². The van der Waals surface area contributed by atoms with Crippen LogP contribution in [0.3, 0.4) is 0 Å². The number of ketones is 1. The molecule has 1 aliphatic rings. The second-order valence-corrected chi connectivity index (χ2v) is 7.07. The van der Waals surface area contributed by atoms with Gasteiger partial charge in [-0.2, -0.15) is 0 Å². The number of carbonyl (C=O) groups excluding carboxylic acids is 2. The topological polar surface area (TPSA) is 37.4 Å². The van der Waals surface area contributed by atoms with E-state index < -0.39 is 0 Å². The molecule has 0 atom stereocenters. The van der Waals surface area contributed by atoms with E-state index in [2.05, 4.69) is 0 Å². The molecule has 3 rings (SSSR count). The average molecular weight is 335 g/mol. The van der Waals surface area contributed by atoms with Crippen LogP contribution in [-0.4, -0.2) is 24.0 Å². The van der Waals surface area contributed by atoms with Gasteiger partial charge in [-0.25, -0.2) is 4.39 Å². The first-order chi connectivity index (χ1) is 10.6. The summed E-state index contributed by atoms with van der Waals surface area (Å²) in [7, 11) is 0. The van der Waals surface area contributed by atoms with Crippen LogP contribution in [-0.2, 0) is 0 Å². The first-order valence-electron chi connectivity index (χ1n) is 6.90. The number of nitrogens with zero attached hydrogens (tertiary/aromatic N) is 1. The van der Waals surface area contributed by atoms with E-state index in [4.69, 9.17) is 0 Å². The van der Waals surface area contributed by atoms with E-state index in [0.29, 0.717) is 22.7 Å². The molecule has 114 valence electrons. The first kappa shape index (κ1) is 15.2. The average Bonchev–Trinajstić information content (AvgIpc) is 2.89. The number of amides is 1. The van der Waals surface area contributed by atoms with Crippen molar-refractivity contribution in [3.05, 3.63) is 45.9 Å². The number of hydrogen-bond donors (Lipinski definition) is 0. The molecule has 1 amide bonds. The summed E-state index contributed by atoms with van der Waals surface area (Å²) in [5.41, 5.74) is 1.15. The summed E-state index contributed by atoms with van der Waals surface area (Å²) in [6, 6.07) is 6.16. The van der Waals surface area contributed by atoms with Crippen LogP contribution in [0.4, 0.5) is 10.1 Å². The summed E-state index contributed by atoms with van der Waals surface area (Å²) >= 11 is 2.89. The number of halogens is 1. The minimum absolute atomic E-state index is 0.0619. The summed E-state index contributed by atoms with van der Waals surface area (Å²) in [6.45, 7) is 2.03. The number of benzene rings is 1. The Morgan fingerprint density at radius 1 is 1.27 bits per heavy atom. The lowest BCUT2D eigenvalue weighted by atomic mass is 10.2. The third-order valence-electron chi connectivity index (χ3n) is 3.46. The lowest BCUT2D eigenvalue weighted by molar-refractivity contribution is 0.0990. The van der Waals surface area contributed by atoms with E-state index in [1.54, 1.807) is 34.2 Å². The summed E-state index contributed by atoms with van der Waals surface area (Å²) in [6.07, 6.45) is 0.845. The molecular weight excluding hydrogens is 321 g/mol. The molecule has 2 aromatic rings. The van der Waals surface area contributed by atoms with Crippen molar-refractivity contribution in [2.24, 2.45) is 0 Å². The normalized spacial score (nSPS) is 14.4. The van der Waals surface area contributed by atoms with Crippen molar-refractivity contribution < 1.29 is 14.0 Å². The molecule has 0 fully saturated rings. The van der Waals surface area contributed by atoms with Crippen LogP contribution in [0.1, 0.15) is 33.4 Å². The monoisotopic (exact) mass is 335 g/mol. The van der Waals surface area contributed by atoms with E-state index in [9.17, 15) is 14.0 Å². The highest BCUT2D eigenvalue weighted by Gasteiger charge is 2.24. The zero-order valence-electron chi connectivity index (χ0n) is 12.0. The fourth-order valence-electron chi connectivity index (χ4n) is 2.33. The van der Waals surface area contributed by atoms with Crippen LogP contribution >= 0.6 is 23.1 Å². The van der Waals surface area contributed by atoms with Crippen LogP contribution in [0.15, 0.2) is 34.5 Å². The third-order valence-corrected chi connectivity index (χ3v) is 5.52. The number of Topliss-reactive ketones (excluding diaryl/α,β-unsaturated/α-hetero) is 1. The van der Waals surface area contributed by atoms with Crippen LogP contribution in [0.5, 0.6) is 0 Å². The molecule has 6 heteroatoms. The maximum atomic E-state index is 13.6. The zero-order valence-corrected chi connectivity index (χ0v) is 13.6. The van der Waals surface area contributed by atoms with E-state index >= 15 is 0 Å². The second-order valence-electron chi connectivity index (χ2n) is 5.03. The van der Waals surface area contributed by atoms with E-state index in [1.807, 2.05) is 0 Å². The fraction of sp³-hybridized carbons (Fsp3) is 0.250. The summed E-state index contributed by atoms with van der Waals surface area (Å²) in [4.78, 5) is 27.2. The van der Waals surface area contributed by atoms with Crippen molar-refractivity contribution in [3.8, 4) is 0 Å². The molecule has 0 aliphatic carbocycles. The van der Waals surface area contributed by atoms with Gasteiger partial charge in [-0.1, -0.05) is 0 Å². The Morgan fingerprint density at radius 3 is 2.82 bits per heavy atom. The number of thioether (sulfide) groups is 1. The molecule has 1 aromatic heterocycles. The highest BCUT2D eigenvalue weighted by atomic mass is 32.2. The molecule has 0 saturated carbocycles. The van der Waals surface area contributed by atoms with Gasteiger partial charge in [-0.05, 0) is 43.4 Å². The minimum Gasteiger partial charge on any atom is -0.306 e. The highest BCUT2D eigenvalue weighted by Crippen LogP contribution is 2.35. The molecule has 2 heterocycles. The maximum absolute atomic E-state index is 13.6. The highest BCUT2D eigenvalue weighted by molar-refractivity contribution is 7.99. The molecular formula is C16H14FNO2S2. The van der Waals surface area contributed by atoms with Gasteiger partial charge in [0.25, 0.3) is 5.91 Å². The van der Waals surface area contributed by atoms with Gasteiger partial charge in [0.05, 0.1) is 10.6 Å². The van der Waals surface area contributed by atoms with Gasteiger partial charge in [0.15, 0.2) is 5.78 Å². The van der Waals surface area contributed by atoms with Gasteiger partial charge < -0.3 is 4.90 Å². The van der Waals surface area contributed by atoms with Gasteiger partial charge in [-0.3, -0.25) is 9.59 Å². The van der Waals surface area contributed by atoms with E-state index in [-0.39, 0.29) is 17.5 Å². The molecule has 0 radical (unpaired) electrons. The van der Waals surface area contributed by atoms with Crippen molar-refractivity contribution >= 4 is 40.5 Å². The number of hydrogen-bond acceptors (Lipinski definition) is 4. The summed E-state index contributed by atoms with van der Waals surface area (Å²) in [5.74, 6) is 0.306. The van der Waals surface area contributed by atoms with Gasteiger partial charge in [0.2, 0.25) is 0 Å². The number of thiophene rings is 1. The SMILES string of the molecule is CC(=O)c1csc(C(=O)N2CCCSc3ccc(F)cc32)c1. The Hall–Kier alpha value is -1.66. The lowest BCUT2D eigenvalue weighted by Crippen LogP contribution is -2.31. The van der Waals surface area contributed by atoms with E-state index in [1.165, 1.54) is 30.4 Å². The summed E-state index contributed by atoms with van der Waals surface area (Å²) < 4.78 is 13.6. The molecule has 3 nitrogen and oxygen atoms in total. The lowest BCUT2D eigenvalue weighted by Gasteiger charge is -2.21. The molecule has 1 aromatic carbocycles. The smallest absolute Gasteiger partial charge is 0.268 e. The van der Waals surface area contributed by atoms with Crippen LogP contribution in [0.25, 0.3) is 0 Å². The van der Waals surface area contributed by atoms with Gasteiger partial charge in [0.1, 0.15) is 5.82 Å². The Balaban J connectivity index is 1.98. The van der Waals surface area contributed by atoms with Crippen molar-refractivity contribution in [2.75, 3.05) is 17.2 Å². The van der Waals surface area contributed by atoms with Crippen molar-refractivity contribution in [1.82, 2.24) is 0 Å². The number of fused-ring (bicyclic) bond motifs is 1. The predicted octanol–water partition coefficient (Wildman–Crippen LogP) is 4.23. The van der Waals surface area contributed by atoms with Gasteiger partial charge >= 0.3 is 0 Å². The zero-order chi connectivity index (χ0) is 15.7. The summed E-state index contributed by atoms with van der Waals surface area (Å²) in [5, 5.41) is 1.69. The molecule has 0 N–H and O–H groups in total. The number of rotatable bonds is 2. The second kappa shape index (κ2) is 6.22. The largest absolute Gasteiger partial charge is 0.306 e. The third kappa shape index (κ3) is 2.94. The molecule has 1 aliphatic heterocycles. The number of carbonyl (C=O) groups is 2. The Morgan fingerprint density at radius 2 is 2.09 bits per heavy atom. The first-order valence-corrected chi connectivity index (χ1v) is 8.76. The molecule has 0 saturated heterocycles. The quantitative estimate of drug-likeness (QED) is 0.771. The van der Waals surface area contributed by atoms with Crippen LogP contribution in [0, 0.1) is 5.82 Å². The number of anilines is 1.